The molecule has 3 heterocycles. The molecule has 2 aliphatic rings. The van der Waals surface area contributed by atoms with Crippen LogP contribution in [0.25, 0.3) is 0 Å². The molecule has 4 rings (SSSR count). The maximum atomic E-state index is 14.1. The predicted octanol–water partition coefficient (Wildman–Crippen LogP) is 0.710. The Morgan fingerprint density at radius 1 is 1.22 bits per heavy atom. The molecule has 1 aromatic heterocycles. The number of aromatic nitrogens is 3. The minimum Gasteiger partial charge on any atom is -0.347 e. The summed E-state index contributed by atoms with van der Waals surface area (Å²) in [5.41, 5.74) is 3.20. The molecule has 12 heteroatoms. The molecular formula is C20H21F2N7O3. The van der Waals surface area contributed by atoms with E-state index in [4.69, 9.17) is 0 Å². The van der Waals surface area contributed by atoms with Crippen LogP contribution in [0, 0.1) is 0 Å². The summed E-state index contributed by atoms with van der Waals surface area (Å²) in [5, 5.41) is 14.1. The highest BCUT2D eigenvalue weighted by Crippen LogP contribution is 2.33. The van der Waals surface area contributed by atoms with Crippen LogP contribution in [0.15, 0.2) is 41.6 Å². The lowest BCUT2D eigenvalue weighted by atomic mass is 10.1. The molecule has 0 aliphatic carbocycles. The molecule has 168 valence electrons. The van der Waals surface area contributed by atoms with E-state index in [2.05, 4.69) is 26.2 Å². The number of hydrazone groups is 1. The molecule has 3 amide bonds. The number of hydrogen-bond acceptors (Lipinski definition) is 6. The second-order valence-corrected chi connectivity index (χ2v) is 7.73. The van der Waals surface area contributed by atoms with E-state index in [0.717, 1.165) is 10.5 Å². The number of likely N-dealkylation sites (tertiary alicyclic amines) is 1. The van der Waals surface area contributed by atoms with Crippen molar-refractivity contribution in [2.75, 3.05) is 6.54 Å². The van der Waals surface area contributed by atoms with E-state index in [-0.39, 0.29) is 36.7 Å². The first-order chi connectivity index (χ1) is 15.3. The summed E-state index contributed by atoms with van der Waals surface area (Å²) in [6, 6.07) is 8.45. The molecule has 2 aromatic rings. The summed E-state index contributed by atoms with van der Waals surface area (Å²) in [4.78, 5) is 37.3. The van der Waals surface area contributed by atoms with Crippen LogP contribution in [0.4, 0.5) is 8.78 Å². The highest BCUT2D eigenvalue weighted by Gasteiger charge is 2.48. The van der Waals surface area contributed by atoms with E-state index < -0.39 is 36.7 Å². The summed E-state index contributed by atoms with van der Waals surface area (Å²) in [7, 11) is 0. The standard InChI is InChI=1S/C20H21F2N7O3/c21-20(22)8-14(29(12-20)19(32)15-6-7-17(30)26-24-15)10-28-11-16(25-27-28)18(31)23-9-13-4-2-1-3-5-13/h1-5,11,14H,6-10,12H2,(H,23,31)(H,26,30)/t14-/m0/s1. The third-order valence-corrected chi connectivity index (χ3v) is 5.25. The molecule has 1 fully saturated rings. The van der Waals surface area contributed by atoms with E-state index in [1.165, 1.54) is 10.9 Å². The summed E-state index contributed by atoms with van der Waals surface area (Å²) in [5.74, 6) is -4.48. The highest BCUT2D eigenvalue weighted by atomic mass is 19.3. The predicted molar refractivity (Wildman–Crippen MR) is 108 cm³/mol. The first-order valence-corrected chi connectivity index (χ1v) is 10.1. The van der Waals surface area contributed by atoms with E-state index in [1.807, 2.05) is 30.3 Å². The molecule has 32 heavy (non-hydrogen) atoms. The van der Waals surface area contributed by atoms with Gasteiger partial charge in [0, 0.05) is 25.8 Å². The van der Waals surface area contributed by atoms with Crippen molar-refractivity contribution >= 4 is 23.4 Å². The minimum absolute atomic E-state index is 0.0341. The van der Waals surface area contributed by atoms with Crippen molar-refractivity contribution < 1.29 is 23.2 Å². The number of alkyl halides is 2. The molecule has 2 aliphatic heterocycles. The number of nitrogens with one attached hydrogen (secondary N) is 2. The lowest BCUT2D eigenvalue weighted by Gasteiger charge is -2.25. The lowest BCUT2D eigenvalue weighted by Crippen LogP contribution is -2.44. The van der Waals surface area contributed by atoms with E-state index >= 15 is 0 Å². The molecule has 1 atom stereocenters. The Balaban J connectivity index is 1.41. The van der Waals surface area contributed by atoms with Crippen LogP contribution < -0.4 is 10.7 Å². The lowest BCUT2D eigenvalue weighted by molar-refractivity contribution is -0.126. The van der Waals surface area contributed by atoms with Gasteiger partial charge in [-0.3, -0.25) is 14.4 Å². The Morgan fingerprint density at radius 3 is 2.72 bits per heavy atom. The van der Waals surface area contributed by atoms with Crippen LogP contribution >= 0.6 is 0 Å². The first kappa shape index (κ1) is 21.5. The Kier molecular flexibility index (Phi) is 5.93. The van der Waals surface area contributed by atoms with E-state index in [0.29, 0.717) is 6.54 Å². The number of rotatable bonds is 6. The van der Waals surface area contributed by atoms with Crippen LogP contribution in [-0.2, 0) is 22.7 Å². The quantitative estimate of drug-likeness (QED) is 0.678. The summed E-state index contributed by atoms with van der Waals surface area (Å²) < 4.78 is 29.5. The average Bonchev–Trinajstić information content (AvgIpc) is 3.36. The van der Waals surface area contributed by atoms with E-state index in [1.54, 1.807) is 0 Å². The fraction of sp³-hybridized carbons (Fsp3) is 0.400. The van der Waals surface area contributed by atoms with Crippen molar-refractivity contribution in [1.82, 2.24) is 30.6 Å². The topological polar surface area (TPSA) is 122 Å². The van der Waals surface area contributed by atoms with Gasteiger partial charge in [-0.25, -0.2) is 18.9 Å². The molecule has 0 unspecified atom stereocenters. The Morgan fingerprint density at radius 2 is 2.00 bits per heavy atom. The molecular weight excluding hydrogens is 424 g/mol. The Bertz CT molecular complexity index is 1050. The second-order valence-electron chi connectivity index (χ2n) is 7.73. The largest absolute Gasteiger partial charge is 0.347 e. The fourth-order valence-corrected chi connectivity index (χ4v) is 3.67. The van der Waals surface area contributed by atoms with Gasteiger partial charge >= 0.3 is 0 Å². The third-order valence-electron chi connectivity index (χ3n) is 5.25. The monoisotopic (exact) mass is 445 g/mol. The minimum atomic E-state index is -3.06. The number of carbonyl (C=O) groups is 3. The number of amides is 3. The summed E-state index contributed by atoms with van der Waals surface area (Å²) >= 11 is 0. The van der Waals surface area contributed by atoms with Gasteiger partial charge in [-0.15, -0.1) is 5.10 Å². The zero-order chi connectivity index (χ0) is 22.7. The van der Waals surface area contributed by atoms with Gasteiger partial charge in [0.25, 0.3) is 17.7 Å². The number of carbonyl (C=O) groups excluding carboxylic acids is 3. The maximum absolute atomic E-state index is 14.1. The van der Waals surface area contributed by atoms with Gasteiger partial charge in [-0.2, -0.15) is 5.10 Å². The van der Waals surface area contributed by atoms with Crippen molar-refractivity contribution in [3.63, 3.8) is 0 Å². The maximum Gasteiger partial charge on any atom is 0.273 e. The SMILES string of the molecule is O=C1CCC(C(=O)N2CC(F)(F)C[C@H]2Cn2cc(C(=O)NCc3ccccc3)nn2)=NN1. The first-order valence-electron chi connectivity index (χ1n) is 10.1. The Labute approximate surface area is 181 Å². The van der Waals surface area contributed by atoms with Gasteiger partial charge in [-0.05, 0) is 5.56 Å². The number of benzene rings is 1. The molecule has 0 bridgehead atoms. The van der Waals surface area contributed by atoms with Crippen LogP contribution in [-0.4, -0.2) is 61.8 Å². The van der Waals surface area contributed by atoms with Crippen molar-refractivity contribution in [2.45, 2.75) is 44.3 Å². The van der Waals surface area contributed by atoms with Gasteiger partial charge < -0.3 is 10.2 Å². The smallest absolute Gasteiger partial charge is 0.273 e. The molecule has 0 saturated carbocycles. The number of halogens is 2. The highest BCUT2D eigenvalue weighted by molar-refractivity contribution is 6.39. The number of hydrogen-bond donors (Lipinski definition) is 2. The average molecular weight is 445 g/mol. The van der Waals surface area contributed by atoms with Crippen LogP contribution in [0.1, 0.15) is 35.3 Å². The van der Waals surface area contributed by atoms with Gasteiger partial charge in [-0.1, -0.05) is 35.5 Å². The molecule has 10 nitrogen and oxygen atoms in total. The van der Waals surface area contributed by atoms with Crippen LogP contribution in [0.2, 0.25) is 0 Å². The van der Waals surface area contributed by atoms with Crippen LogP contribution in [0.5, 0.6) is 0 Å². The molecule has 0 radical (unpaired) electrons. The third kappa shape index (κ3) is 4.95. The number of nitrogens with zero attached hydrogens (tertiary/aromatic N) is 5. The van der Waals surface area contributed by atoms with Gasteiger partial charge in [0.15, 0.2) is 5.69 Å². The van der Waals surface area contributed by atoms with Gasteiger partial charge in [0.1, 0.15) is 5.71 Å². The van der Waals surface area contributed by atoms with Crippen molar-refractivity contribution in [1.29, 1.82) is 0 Å². The summed E-state index contributed by atoms with van der Waals surface area (Å²) in [6.07, 6.45) is 0.976. The van der Waals surface area contributed by atoms with E-state index in [9.17, 15) is 23.2 Å². The van der Waals surface area contributed by atoms with Crippen molar-refractivity contribution in [2.24, 2.45) is 5.10 Å². The van der Waals surface area contributed by atoms with Gasteiger partial charge in [0.05, 0.1) is 25.3 Å². The summed E-state index contributed by atoms with van der Waals surface area (Å²) in [6.45, 7) is -0.495. The molecule has 2 N–H and O–H groups in total. The van der Waals surface area contributed by atoms with Crippen molar-refractivity contribution in [3.8, 4) is 0 Å². The van der Waals surface area contributed by atoms with Crippen molar-refractivity contribution in [3.05, 3.63) is 47.8 Å². The van der Waals surface area contributed by atoms with Gasteiger partial charge in [0.2, 0.25) is 5.91 Å². The fourth-order valence-electron chi connectivity index (χ4n) is 3.67. The zero-order valence-electron chi connectivity index (χ0n) is 17.0. The molecule has 0 spiro atoms. The second kappa shape index (κ2) is 8.81. The molecule has 1 saturated heterocycles. The normalized spacial score (nSPS) is 19.9. The van der Waals surface area contributed by atoms with Crippen LogP contribution in [0.3, 0.4) is 0 Å². The Hall–Kier alpha value is -3.70. The zero-order valence-corrected chi connectivity index (χ0v) is 17.0. The molecule has 1 aromatic carbocycles.